The van der Waals surface area contributed by atoms with Gasteiger partial charge < -0.3 is 10.5 Å². The lowest BCUT2D eigenvalue weighted by Gasteiger charge is -2.15. The summed E-state index contributed by atoms with van der Waals surface area (Å²) < 4.78 is 18.5. The first-order chi connectivity index (χ1) is 8.66. The van der Waals surface area contributed by atoms with Gasteiger partial charge in [0.2, 0.25) is 0 Å². The molecule has 2 rings (SSSR count). The van der Waals surface area contributed by atoms with Gasteiger partial charge >= 0.3 is 0 Å². The molecule has 0 atom stereocenters. The molecule has 98 valence electrons. The van der Waals surface area contributed by atoms with Crippen LogP contribution in [0.3, 0.4) is 0 Å². The van der Waals surface area contributed by atoms with Gasteiger partial charge in [-0.1, -0.05) is 0 Å². The Morgan fingerprint density at radius 2 is 2.11 bits per heavy atom. The van der Waals surface area contributed by atoms with Crippen LogP contribution in [0.15, 0.2) is 18.2 Å². The van der Waals surface area contributed by atoms with E-state index in [2.05, 4.69) is 4.90 Å². The summed E-state index contributed by atoms with van der Waals surface area (Å²) in [6.45, 7) is 3.48. The average molecular weight is 252 g/mol. The first-order valence-corrected chi connectivity index (χ1v) is 6.11. The lowest BCUT2D eigenvalue weighted by atomic mass is 10.2. The molecule has 1 saturated heterocycles. The summed E-state index contributed by atoms with van der Waals surface area (Å²) in [5.41, 5.74) is 5.28. The normalized spacial score (nSPS) is 15.8. The van der Waals surface area contributed by atoms with Crippen molar-refractivity contribution in [2.75, 3.05) is 26.2 Å². The van der Waals surface area contributed by atoms with Crippen molar-refractivity contribution in [1.82, 2.24) is 4.90 Å². The van der Waals surface area contributed by atoms with Crippen molar-refractivity contribution in [3.05, 3.63) is 29.6 Å². The van der Waals surface area contributed by atoms with Crippen LogP contribution in [0.4, 0.5) is 4.39 Å². The molecule has 18 heavy (non-hydrogen) atoms. The van der Waals surface area contributed by atoms with E-state index in [9.17, 15) is 9.18 Å². The SMILES string of the molecule is NC(=O)c1cc(F)ccc1OCCN1CCCC1. The van der Waals surface area contributed by atoms with Gasteiger partial charge in [-0.3, -0.25) is 9.69 Å². The van der Waals surface area contributed by atoms with Crippen molar-refractivity contribution in [3.8, 4) is 5.75 Å². The highest BCUT2D eigenvalue weighted by Crippen LogP contribution is 2.19. The van der Waals surface area contributed by atoms with Crippen molar-refractivity contribution >= 4 is 5.91 Å². The minimum absolute atomic E-state index is 0.0939. The van der Waals surface area contributed by atoms with Gasteiger partial charge in [0.05, 0.1) is 5.56 Å². The Bertz CT molecular complexity index is 431. The number of carbonyl (C=O) groups is 1. The number of amides is 1. The predicted molar refractivity (Wildman–Crippen MR) is 66.1 cm³/mol. The third-order valence-electron chi connectivity index (χ3n) is 3.07. The maximum Gasteiger partial charge on any atom is 0.252 e. The van der Waals surface area contributed by atoms with Gasteiger partial charge in [0, 0.05) is 6.54 Å². The number of halogens is 1. The summed E-state index contributed by atoms with van der Waals surface area (Å²) in [6.07, 6.45) is 2.45. The fraction of sp³-hybridized carbons (Fsp3) is 0.462. The molecule has 1 heterocycles. The molecule has 0 spiro atoms. The molecule has 1 amide bonds. The molecule has 1 aromatic carbocycles. The second kappa shape index (κ2) is 5.82. The van der Waals surface area contributed by atoms with E-state index >= 15 is 0 Å². The Hall–Kier alpha value is -1.62. The molecule has 2 N–H and O–H groups in total. The van der Waals surface area contributed by atoms with Crippen molar-refractivity contribution < 1.29 is 13.9 Å². The molecule has 0 unspecified atom stereocenters. The molecule has 1 aromatic rings. The van der Waals surface area contributed by atoms with Crippen LogP contribution >= 0.6 is 0 Å². The molecular weight excluding hydrogens is 235 g/mol. The number of carbonyl (C=O) groups excluding carboxylic acids is 1. The number of hydrogen-bond acceptors (Lipinski definition) is 3. The molecule has 0 radical (unpaired) electrons. The quantitative estimate of drug-likeness (QED) is 0.861. The maximum absolute atomic E-state index is 13.0. The van der Waals surface area contributed by atoms with E-state index in [1.54, 1.807) is 0 Å². The number of nitrogens with two attached hydrogens (primary N) is 1. The van der Waals surface area contributed by atoms with Crippen molar-refractivity contribution in [3.63, 3.8) is 0 Å². The molecule has 0 bridgehead atoms. The summed E-state index contributed by atoms with van der Waals surface area (Å²) in [4.78, 5) is 13.5. The second-order valence-electron chi connectivity index (χ2n) is 4.40. The second-order valence-corrected chi connectivity index (χ2v) is 4.40. The Labute approximate surface area is 106 Å². The summed E-state index contributed by atoms with van der Waals surface area (Å²) >= 11 is 0. The fourth-order valence-corrected chi connectivity index (χ4v) is 2.11. The molecule has 0 aromatic heterocycles. The zero-order chi connectivity index (χ0) is 13.0. The number of hydrogen-bond donors (Lipinski definition) is 1. The van der Waals surface area contributed by atoms with Crippen LogP contribution in [0, 0.1) is 5.82 Å². The van der Waals surface area contributed by atoms with E-state index in [1.165, 1.54) is 25.0 Å². The molecule has 1 fully saturated rings. The van der Waals surface area contributed by atoms with Gasteiger partial charge in [-0.2, -0.15) is 0 Å². The Kier molecular flexibility index (Phi) is 4.15. The first kappa shape index (κ1) is 12.8. The summed E-state index contributed by atoms with van der Waals surface area (Å²) in [5, 5.41) is 0. The average Bonchev–Trinajstić information content (AvgIpc) is 2.84. The highest BCUT2D eigenvalue weighted by atomic mass is 19.1. The van der Waals surface area contributed by atoms with Crippen LogP contribution < -0.4 is 10.5 Å². The maximum atomic E-state index is 13.0. The summed E-state index contributed by atoms with van der Waals surface area (Å²) in [5.74, 6) is -0.815. The van der Waals surface area contributed by atoms with Gasteiger partial charge in [0.15, 0.2) is 0 Å². The number of nitrogens with zero attached hydrogens (tertiary/aromatic N) is 1. The molecule has 5 heteroatoms. The fourth-order valence-electron chi connectivity index (χ4n) is 2.11. The van der Waals surface area contributed by atoms with Crippen LogP contribution in [0.1, 0.15) is 23.2 Å². The van der Waals surface area contributed by atoms with Crippen molar-refractivity contribution in [1.29, 1.82) is 0 Å². The third-order valence-corrected chi connectivity index (χ3v) is 3.07. The van der Waals surface area contributed by atoms with Gasteiger partial charge in [-0.15, -0.1) is 0 Å². The van der Waals surface area contributed by atoms with E-state index in [0.717, 1.165) is 25.7 Å². The van der Waals surface area contributed by atoms with E-state index in [0.29, 0.717) is 12.4 Å². The monoisotopic (exact) mass is 252 g/mol. The van der Waals surface area contributed by atoms with Crippen molar-refractivity contribution in [2.24, 2.45) is 5.73 Å². The number of likely N-dealkylation sites (tertiary alicyclic amines) is 1. The third kappa shape index (κ3) is 3.20. The number of ether oxygens (including phenoxy) is 1. The minimum Gasteiger partial charge on any atom is -0.491 e. The lowest BCUT2D eigenvalue weighted by Crippen LogP contribution is -2.25. The zero-order valence-corrected chi connectivity index (χ0v) is 10.2. The highest BCUT2D eigenvalue weighted by molar-refractivity contribution is 5.95. The van der Waals surface area contributed by atoms with Gasteiger partial charge in [-0.25, -0.2) is 4.39 Å². The minimum atomic E-state index is -0.675. The van der Waals surface area contributed by atoms with E-state index < -0.39 is 11.7 Å². The molecule has 4 nitrogen and oxygen atoms in total. The Morgan fingerprint density at radius 1 is 1.39 bits per heavy atom. The van der Waals surface area contributed by atoms with Crippen LogP contribution in [-0.4, -0.2) is 37.0 Å². The summed E-state index contributed by atoms with van der Waals surface area (Å²) in [6, 6.07) is 3.81. The van der Waals surface area contributed by atoms with E-state index in [1.807, 2.05) is 0 Å². The zero-order valence-electron chi connectivity index (χ0n) is 10.2. The first-order valence-electron chi connectivity index (χ1n) is 6.11. The van der Waals surface area contributed by atoms with Gasteiger partial charge in [-0.05, 0) is 44.1 Å². The molecular formula is C13H17FN2O2. The molecule has 1 aliphatic rings. The van der Waals surface area contributed by atoms with E-state index in [4.69, 9.17) is 10.5 Å². The predicted octanol–water partition coefficient (Wildman–Crippen LogP) is 1.40. The number of primary amides is 1. The highest BCUT2D eigenvalue weighted by Gasteiger charge is 2.13. The Morgan fingerprint density at radius 3 is 2.78 bits per heavy atom. The van der Waals surface area contributed by atoms with Crippen LogP contribution in [0.5, 0.6) is 5.75 Å². The van der Waals surface area contributed by atoms with Crippen LogP contribution in [-0.2, 0) is 0 Å². The number of rotatable bonds is 5. The Balaban J connectivity index is 1.93. The number of benzene rings is 1. The topological polar surface area (TPSA) is 55.6 Å². The molecule has 1 aliphatic heterocycles. The lowest BCUT2D eigenvalue weighted by molar-refractivity contribution is 0.0995. The van der Waals surface area contributed by atoms with Gasteiger partial charge in [0.1, 0.15) is 18.2 Å². The standard InChI is InChI=1S/C13H17FN2O2/c14-10-3-4-12(11(9-10)13(15)17)18-8-7-16-5-1-2-6-16/h3-4,9H,1-2,5-8H2,(H2,15,17). The van der Waals surface area contributed by atoms with E-state index in [-0.39, 0.29) is 5.56 Å². The molecule has 0 saturated carbocycles. The molecule has 0 aliphatic carbocycles. The smallest absolute Gasteiger partial charge is 0.252 e. The summed E-state index contributed by atoms with van der Waals surface area (Å²) in [7, 11) is 0. The van der Waals surface area contributed by atoms with Crippen LogP contribution in [0.25, 0.3) is 0 Å². The van der Waals surface area contributed by atoms with Crippen LogP contribution in [0.2, 0.25) is 0 Å². The van der Waals surface area contributed by atoms with Gasteiger partial charge in [0.25, 0.3) is 5.91 Å². The van der Waals surface area contributed by atoms with Crippen molar-refractivity contribution in [2.45, 2.75) is 12.8 Å². The largest absolute Gasteiger partial charge is 0.491 e.